The molecule has 0 radical (unpaired) electrons. The SMILES string of the molecule is CCCCN1C(=O)/C(=C/c2ccc(OCC(=O)Nc3ccc(Cl)cc3Cl)c(OCC)c2)SC1=S. The molecule has 2 aromatic rings. The molecule has 3 rings (SSSR count). The summed E-state index contributed by atoms with van der Waals surface area (Å²) in [5, 5.41) is 3.49. The zero-order valence-corrected chi connectivity index (χ0v) is 21.9. The van der Waals surface area contributed by atoms with Gasteiger partial charge in [0.1, 0.15) is 4.32 Å². The van der Waals surface area contributed by atoms with E-state index >= 15 is 0 Å². The van der Waals surface area contributed by atoms with Crippen LogP contribution in [0.3, 0.4) is 0 Å². The second-order valence-corrected chi connectivity index (χ2v) is 9.81. The van der Waals surface area contributed by atoms with Gasteiger partial charge >= 0.3 is 0 Å². The van der Waals surface area contributed by atoms with Gasteiger partial charge in [-0.15, -0.1) is 0 Å². The summed E-state index contributed by atoms with van der Waals surface area (Å²) in [5.74, 6) is 0.410. The Morgan fingerprint density at radius 1 is 1.15 bits per heavy atom. The monoisotopic (exact) mass is 538 g/mol. The second-order valence-electron chi connectivity index (χ2n) is 7.29. The molecule has 0 bridgehead atoms. The van der Waals surface area contributed by atoms with E-state index in [0.29, 0.717) is 49.6 Å². The lowest BCUT2D eigenvalue weighted by Crippen LogP contribution is -2.28. The van der Waals surface area contributed by atoms with Gasteiger partial charge in [0.25, 0.3) is 11.8 Å². The fourth-order valence-corrected chi connectivity index (χ4v) is 4.85. The number of hydrogen-bond acceptors (Lipinski definition) is 6. The highest BCUT2D eigenvalue weighted by Crippen LogP contribution is 2.35. The molecule has 1 aliphatic heterocycles. The topological polar surface area (TPSA) is 67.9 Å². The molecule has 180 valence electrons. The van der Waals surface area contributed by atoms with E-state index in [4.69, 9.17) is 44.9 Å². The highest BCUT2D eigenvalue weighted by molar-refractivity contribution is 8.26. The number of thiocarbonyl (C=S) groups is 1. The third-order valence-electron chi connectivity index (χ3n) is 4.74. The molecule has 0 unspecified atom stereocenters. The van der Waals surface area contributed by atoms with Crippen molar-refractivity contribution in [3.05, 3.63) is 56.9 Å². The van der Waals surface area contributed by atoms with Crippen molar-refractivity contribution in [1.29, 1.82) is 0 Å². The van der Waals surface area contributed by atoms with Gasteiger partial charge in [0.15, 0.2) is 18.1 Å². The van der Waals surface area contributed by atoms with Crippen molar-refractivity contribution in [2.24, 2.45) is 0 Å². The Hall–Kier alpha value is -2.26. The third-order valence-corrected chi connectivity index (χ3v) is 6.66. The number of halogens is 2. The molecule has 2 amide bonds. The molecule has 1 N–H and O–H groups in total. The van der Waals surface area contributed by atoms with Crippen LogP contribution in [0.2, 0.25) is 10.0 Å². The number of carbonyl (C=O) groups excluding carboxylic acids is 2. The average Bonchev–Trinajstić information content (AvgIpc) is 3.06. The van der Waals surface area contributed by atoms with Gasteiger partial charge in [0.05, 0.1) is 22.2 Å². The number of nitrogens with zero attached hydrogens (tertiary/aromatic N) is 1. The van der Waals surface area contributed by atoms with Gasteiger partial charge in [0.2, 0.25) is 0 Å². The van der Waals surface area contributed by atoms with Crippen molar-refractivity contribution in [2.45, 2.75) is 26.7 Å². The Kier molecular flexibility index (Phi) is 9.64. The second kappa shape index (κ2) is 12.4. The minimum atomic E-state index is -0.383. The van der Waals surface area contributed by atoms with E-state index in [9.17, 15) is 9.59 Å². The van der Waals surface area contributed by atoms with E-state index < -0.39 is 0 Å². The molecule has 1 aliphatic rings. The Labute approximate surface area is 218 Å². The normalized spacial score (nSPS) is 14.6. The van der Waals surface area contributed by atoms with E-state index in [0.717, 1.165) is 18.4 Å². The lowest BCUT2D eigenvalue weighted by Gasteiger charge is -2.14. The number of hydrogen-bond donors (Lipinski definition) is 1. The van der Waals surface area contributed by atoms with Crippen molar-refractivity contribution in [3.8, 4) is 11.5 Å². The highest BCUT2D eigenvalue weighted by Gasteiger charge is 2.31. The van der Waals surface area contributed by atoms with E-state index in [1.165, 1.54) is 11.8 Å². The van der Waals surface area contributed by atoms with Crippen LogP contribution in [0.5, 0.6) is 11.5 Å². The molecule has 0 saturated carbocycles. The molecular weight excluding hydrogens is 515 g/mol. The number of ether oxygens (including phenoxy) is 2. The van der Waals surface area contributed by atoms with Crippen molar-refractivity contribution >= 4 is 75.1 Å². The van der Waals surface area contributed by atoms with Gasteiger partial charge in [-0.3, -0.25) is 14.5 Å². The molecule has 2 aromatic carbocycles. The van der Waals surface area contributed by atoms with Crippen LogP contribution in [0.4, 0.5) is 5.69 Å². The summed E-state index contributed by atoms with van der Waals surface area (Å²) in [6, 6.07) is 10.1. The minimum Gasteiger partial charge on any atom is -0.490 e. The van der Waals surface area contributed by atoms with Crippen LogP contribution in [0, 0.1) is 0 Å². The molecule has 0 aromatic heterocycles. The van der Waals surface area contributed by atoms with Crippen LogP contribution in [0.1, 0.15) is 32.3 Å². The minimum absolute atomic E-state index is 0.0840. The van der Waals surface area contributed by atoms with Gasteiger partial charge < -0.3 is 14.8 Å². The van der Waals surface area contributed by atoms with Gasteiger partial charge in [0, 0.05) is 11.6 Å². The summed E-state index contributed by atoms with van der Waals surface area (Å²) in [5.41, 5.74) is 1.21. The van der Waals surface area contributed by atoms with Crippen LogP contribution in [-0.2, 0) is 9.59 Å². The van der Waals surface area contributed by atoms with Crippen LogP contribution >= 0.6 is 47.2 Å². The Bertz CT molecular complexity index is 1120. The molecule has 1 fully saturated rings. The zero-order valence-electron chi connectivity index (χ0n) is 18.7. The smallest absolute Gasteiger partial charge is 0.266 e. The van der Waals surface area contributed by atoms with E-state index in [2.05, 4.69) is 12.2 Å². The fraction of sp³-hybridized carbons (Fsp3) is 0.292. The quantitative estimate of drug-likeness (QED) is 0.278. The lowest BCUT2D eigenvalue weighted by molar-refractivity contribution is -0.122. The highest BCUT2D eigenvalue weighted by atomic mass is 35.5. The predicted molar refractivity (Wildman–Crippen MR) is 143 cm³/mol. The number of benzene rings is 2. The summed E-state index contributed by atoms with van der Waals surface area (Å²) < 4.78 is 12.0. The number of anilines is 1. The van der Waals surface area contributed by atoms with Crippen LogP contribution in [-0.4, -0.2) is 40.8 Å². The van der Waals surface area contributed by atoms with Crippen molar-refractivity contribution < 1.29 is 19.1 Å². The number of nitrogens with one attached hydrogen (secondary N) is 1. The third kappa shape index (κ3) is 6.88. The Morgan fingerprint density at radius 3 is 2.65 bits per heavy atom. The Morgan fingerprint density at radius 2 is 1.94 bits per heavy atom. The zero-order chi connectivity index (χ0) is 24.7. The van der Waals surface area contributed by atoms with Crippen LogP contribution < -0.4 is 14.8 Å². The van der Waals surface area contributed by atoms with Crippen LogP contribution in [0.15, 0.2) is 41.3 Å². The predicted octanol–water partition coefficient (Wildman–Crippen LogP) is 6.41. The Balaban J connectivity index is 1.69. The first kappa shape index (κ1) is 26.3. The molecule has 0 spiro atoms. The van der Waals surface area contributed by atoms with Crippen molar-refractivity contribution in [2.75, 3.05) is 25.1 Å². The maximum atomic E-state index is 12.7. The lowest BCUT2D eigenvalue weighted by atomic mass is 10.2. The average molecular weight is 540 g/mol. The summed E-state index contributed by atoms with van der Waals surface area (Å²) in [6.45, 7) is 4.71. The number of unbranched alkanes of at least 4 members (excludes halogenated alkanes) is 1. The molecule has 10 heteroatoms. The molecule has 6 nitrogen and oxygen atoms in total. The maximum absolute atomic E-state index is 12.7. The van der Waals surface area contributed by atoms with Gasteiger partial charge in [-0.2, -0.15) is 0 Å². The molecule has 34 heavy (non-hydrogen) atoms. The fourth-order valence-electron chi connectivity index (χ4n) is 3.08. The first-order chi connectivity index (χ1) is 16.3. The number of amides is 2. The van der Waals surface area contributed by atoms with Crippen LogP contribution in [0.25, 0.3) is 6.08 Å². The van der Waals surface area contributed by atoms with Gasteiger partial charge in [-0.05, 0) is 55.3 Å². The molecule has 1 saturated heterocycles. The van der Waals surface area contributed by atoms with E-state index in [-0.39, 0.29) is 18.4 Å². The van der Waals surface area contributed by atoms with Crippen molar-refractivity contribution in [3.63, 3.8) is 0 Å². The maximum Gasteiger partial charge on any atom is 0.266 e. The first-order valence-electron chi connectivity index (χ1n) is 10.7. The molecule has 1 heterocycles. The van der Waals surface area contributed by atoms with Gasteiger partial charge in [-0.25, -0.2) is 0 Å². The van der Waals surface area contributed by atoms with E-state index in [1.807, 2.05) is 6.92 Å². The first-order valence-corrected chi connectivity index (χ1v) is 12.7. The molecule has 0 atom stereocenters. The standard InChI is InChI=1S/C24H24Cl2N2O4S2/c1-3-5-10-28-23(30)21(34-24(28)33)12-15-6-9-19(20(11-15)31-4-2)32-14-22(29)27-18-8-7-16(25)13-17(18)26/h6-9,11-13H,3-5,10,14H2,1-2H3,(H,27,29)/b21-12-. The summed E-state index contributed by atoms with van der Waals surface area (Å²) >= 11 is 18.6. The van der Waals surface area contributed by atoms with Crippen molar-refractivity contribution in [1.82, 2.24) is 4.90 Å². The molecular formula is C24H24Cl2N2O4S2. The van der Waals surface area contributed by atoms with Gasteiger partial charge in [-0.1, -0.05) is 66.6 Å². The molecule has 0 aliphatic carbocycles. The summed E-state index contributed by atoms with van der Waals surface area (Å²) in [7, 11) is 0. The summed E-state index contributed by atoms with van der Waals surface area (Å²) in [6.07, 6.45) is 3.67. The number of thioether (sulfide) groups is 1. The summed E-state index contributed by atoms with van der Waals surface area (Å²) in [4.78, 5) is 27.2. The number of carbonyl (C=O) groups is 2. The largest absolute Gasteiger partial charge is 0.490 e. The van der Waals surface area contributed by atoms with E-state index in [1.54, 1.807) is 47.4 Å². The number of rotatable bonds is 10.